The van der Waals surface area contributed by atoms with E-state index in [0.717, 1.165) is 39.4 Å². The lowest BCUT2D eigenvalue weighted by Gasteiger charge is -2.08. The van der Waals surface area contributed by atoms with Gasteiger partial charge in [-0.2, -0.15) is 0 Å². The van der Waals surface area contributed by atoms with Crippen LogP contribution in [0.3, 0.4) is 0 Å². The van der Waals surface area contributed by atoms with Crippen LogP contribution >= 0.6 is 34.8 Å². The molecule has 0 fully saturated rings. The van der Waals surface area contributed by atoms with E-state index in [1.807, 2.05) is 83.4 Å². The minimum Gasteiger partial charge on any atom is -0.296 e. The Morgan fingerprint density at radius 2 is 1.33 bits per heavy atom. The maximum atomic E-state index is 6.41. The molecule has 0 aliphatic rings. The number of hydrogen-bond acceptors (Lipinski definition) is 2. The highest BCUT2D eigenvalue weighted by molar-refractivity contribution is 6.33. The number of hydrogen-bond donors (Lipinski definition) is 0. The van der Waals surface area contributed by atoms with Crippen molar-refractivity contribution in [1.82, 2.24) is 14.4 Å². The molecule has 146 valence electrons. The van der Waals surface area contributed by atoms with Crippen molar-refractivity contribution in [2.45, 2.75) is 0 Å². The summed E-state index contributed by atoms with van der Waals surface area (Å²) < 4.78 is 2.04. The van der Waals surface area contributed by atoms with Gasteiger partial charge in [-0.05, 0) is 30.3 Å². The Hall–Kier alpha value is -2.85. The highest BCUT2D eigenvalue weighted by Gasteiger charge is 2.17. The summed E-state index contributed by atoms with van der Waals surface area (Å²) in [4.78, 5) is 9.46. The molecule has 0 saturated heterocycles. The molecule has 2 heterocycles. The van der Waals surface area contributed by atoms with E-state index in [4.69, 9.17) is 39.8 Å². The molecule has 0 saturated carbocycles. The van der Waals surface area contributed by atoms with Crippen molar-refractivity contribution in [3.8, 4) is 33.8 Å². The molecule has 0 N–H and O–H groups in total. The Labute approximate surface area is 188 Å². The third kappa shape index (κ3) is 3.46. The van der Waals surface area contributed by atoms with Crippen molar-refractivity contribution in [2.75, 3.05) is 0 Å². The van der Waals surface area contributed by atoms with Crippen LogP contribution in [-0.2, 0) is 0 Å². The van der Waals surface area contributed by atoms with Gasteiger partial charge in [0, 0.05) is 32.9 Å². The fourth-order valence-electron chi connectivity index (χ4n) is 3.46. The van der Waals surface area contributed by atoms with Crippen molar-refractivity contribution < 1.29 is 0 Å². The van der Waals surface area contributed by atoms with E-state index in [1.165, 1.54) is 0 Å². The van der Waals surface area contributed by atoms with Crippen LogP contribution < -0.4 is 0 Å². The summed E-state index contributed by atoms with van der Waals surface area (Å²) in [5.41, 5.74) is 6.11. The topological polar surface area (TPSA) is 30.2 Å². The van der Waals surface area contributed by atoms with E-state index in [2.05, 4.69) is 4.98 Å². The summed E-state index contributed by atoms with van der Waals surface area (Å²) in [6.45, 7) is 0. The highest BCUT2D eigenvalue weighted by atomic mass is 35.5. The zero-order chi connectivity index (χ0) is 20.7. The van der Waals surface area contributed by atoms with Crippen LogP contribution in [0.5, 0.6) is 0 Å². The van der Waals surface area contributed by atoms with E-state index in [1.54, 1.807) is 6.20 Å². The van der Waals surface area contributed by atoms with Gasteiger partial charge in [0.1, 0.15) is 0 Å². The molecule has 6 heteroatoms. The molecule has 0 aliphatic heterocycles. The number of fused-ring (bicyclic) bond motifs is 1. The van der Waals surface area contributed by atoms with Gasteiger partial charge >= 0.3 is 0 Å². The lowest BCUT2D eigenvalue weighted by molar-refractivity contribution is 1.13. The van der Waals surface area contributed by atoms with Gasteiger partial charge in [-0.3, -0.25) is 9.38 Å². The second kappa shape index (κ2) is 7.77. The Kier molecular flexibility index (Phi) is 4.95. The molecule has 3 nitrogen and oxygen atoms in total. The second-order valence-corrected chi connectivity index (χ2v) is 8.08. The van der Waals surface area contributed by atoms with E-state index < -0.39 is 0 Å². The number of rotatable bonds is 3. The smallest absolute Gasteiger partial charge is 0.156 e. The maximum absolute atomic E-state index is 6.41. The number of imidazole rings is 1. The van der Waals surface area contributed by atoms with E-state index in [9.17, 15) is 0 Å². The first-order valence-corrected chi connectivity index (χ1v) is 10.4. The van der Waals surface area contributed by atoms with Crippen LogP contribution in [-0.4, -0.2) is 14.4 Å². The van der Waals surface area contributed by atoms with Gasteiger partial charge in [0.2, 0.25) is 0 Å². The van der Waals surface area contributed by atoms with Crippen LogP contribution in [0.4, 0.5) is 0 Å². The van der Waals surface area contributed by atoms with Gasteiger partial charge in [-0.1, -0.05) is 77.3 Å². The van der Waals surface area contributed by atoms with Gasteiger partial charge in [0.15, 0.2) is 5.65 Å². The largest absolute Gasteiger partial charge is 0.296 e. The van der Waals surface area contributed by atoms with Crippen LogP contribution in [0.2, 0.25) is 15.1 Å². The monoisotopic (exact) mass is 449 g/mol. The van der Waals surface area contributed by atoms with Crippen LogP contribution in [0.25, 0.3) is 39.4 Å². The third-order valence-electron chi connectivity index (χ3n) is 4.89. The van der Waals surface area contributed by atoms with Crippen molar-refractivity contribution in [3.63, 3.8) is 0 Å². The molecular weight excluding hydrogens is 437 g/mol. The fraction of sp³-hybridized carbons (Fsp3) is 0. The zero-order valence-corrected chi connectivity index (χ0v) is 17.8. The minimum absolute atomic E-state index is 0.649. The Balaban J connectivity index is 1.79. The summed E-state index contributed by atoms with van der Waals surface area (Å²) in [6.07, 6.45) is 3.73. The van der Waals surface area contributed by atoms with Crippen LogP contribution in [0.1, 0.15) is 0 Å². The Morgan fingerprint density at radius 3 is 2.00 bits per heavy atom. The average Bonchev–Trinajstić information content (AvgIpc) is 3.14. The Morgan fingerprint density at radius 1 is 0.700 bits per heavy atom. The van der Waals surface area contributed by atoms with E-state index >= 15 is 0 Å². The second-order valence-electron chi connectivity index (χ2n) is 6.80. The summed E-state index contributed by atoms with van der Waals surface area (Å²) in [7, 11) is 0. The van der Waals surface area contributed by atoms with Gasteiger partial charge < -0.3 is 0 Å². The van der Waals surface area contributed by atoms with Crippen LogP contribution in [0, 0.1) is 0 Å². The first-order chi connectivity index (χ1) is 14.6. The van der Waals surface area contributed by atoms with Crippen molar-refractivity contribution in [2.24, 2.45) is 0 Å². The first kappa shape index (κ1) is 19.1. The van der Waals surface area contributed by atoms with Crippen molar-refractivity contribution in [1.29, 1.82) is 0 Å². The molecule has 0 unspecified atom stereocenters. The van der Waals surface area contributed by atoms with Crippen molar-refractivity contribution >= 4 is 40.4 Å². The molecular formula is C24H14Cl3N3. The molecule has 0 atom stereocenters. The molecule has 5 aromatic rings. The Bertz CT molecular complexity index is 1360. The molecule has 0 spiro atoms. The quantitative estimate of drug-likeness (QED) is 0.282. The van der Waals surface area contributed by atoms with Crippen molar-refractivity contribution in [3.05, 3.63) is 100 Å². The van der Waals surface area contributed by atoms with Gasteiger partial charge in [-0.25, -0.2) is 4.98 Å². The summed E-state index contributed by atoms with van der Waals surface area (Å²) in [6, 6.07) is 23.0. The van der Waals surface area contributed by atoms with Gasteiger partial charge in [0.05, 0.1) is 28.3 Å². The zero-order valence-electron chi connectivity index (χ0n) is 15.6. The van der Waals surface area contributed by atoms with E-state index in [-0.39, 0.29) is 0 Å². The summed E-state index contributed by atoms with van der Waals surface area (Å²) in [5, 5.41) is 2.01. The standard InChI is InChI=1S/C24H14Cl3N3/c25-17-9-5-15(6-10-17)23-24(16-7-11-18(26)12-8-16)30-14-21(28-13-22(30)29-23)19-3-1-2-4-20(19)27/h1-14H. The molecule has 5 rings (SSSR count). The SMILES string of the molecule is Clc1ccc(-c2nc3cnc(-c4ccccc4Cl)cn3c2-c2ccc(Cl)cc2)cc1. The number of benzene rings is 3. The predicted octanol–water partition coefficient (Wildman–Crippen LogP) is 7.69. The fourth-order valence-corrected chi connectivity index (χ4v) is 3.94. The molecule has 3 aromatic carbocycles. The highest BCUT2D eigenvalue weighted by Crippen LogP contribution is 2.35. The first-order valence-electron chi connectivity index (χ1n) is 9.25. The van der Waals surface area contributed by atoms with Gasteiger partial charge in [0.25, 0.3) is 0 Å². The summed E-state index contributed by atoms with van der Waals surface area (Å²) >= 11 is 18.6. The molecule has 0 bridgehead atoms. The lowest BCUT2D eigenvalue weighted by atomic mass is 10.0. The molecule has 0 radical (unpaired) electrons. The number of halogens is 3. The normalized spacial score (nSPS) is 11.2. The van der Waals surface area contributed by atoms with E-state index in [0.29, 0.717) is 15.1 Å². The lowest BCUT2D eigenvalue weighted by Crippen LogP contribution is -1.94. The van der Waals surface area contributed by atoms with Gasteiger partial charge in [-0.15, -0.1) is 0 Å². The molecule has 30 heavy (non-hydrogen) atoms. The molecule has 2 aromatic heterocycles. The minimum atomic E-state index is 0.649. The predicted molar refractivity (Wildman–Crippen MR) is 124 cm³/mol. The summed E-state index contributed by atoms with van der Waals surface area (Å²) in [5.74, 6) is 0. The molecule has 0 aliphatic carbocycles. The third-order valence-corrected chi connectivity index (χ3v) is 5.73. The number of aromatic nitrogens is 3. The molecule has 0 amide bonds. The van der Waals surface area contributed by atoms with Crippen LogP contribution in [0.15, 0.2) is 85.2 Å². The average molecular weight is 451 g/mol. The number of nitrogens with zero attached hydrogens (tertiary/aromatic N) is 3. The maximum Gasteiger partial charge on any atom is 0.156 e.